The Labute approximate surface area is 252 Å². The van der Waals surface area contributed by atoms with Crippen LogP contribution >= 0.6 is 0 Å². The van der Waals surface area contributed by atoms with E-state index in [1.807, 2.05) is 72.8 Å². The van der Waals surface area contributed by atoms with Crippen molar-refractivity contribution in [2.24, 2.45) is 0 Å². The lowest BCUT2D eigenvalue weighted by Gasteiger charge is -2.11. The van der Waals surface area contributed by atoms with Gasteiger partial charge in [-0.05, 0) is 42.5 Å². The van der Waals surface area contributed by atoms with Crippen LogP contribution in [0.4, 0.5) is 0 Å². The zero-order valence-electron chi connectivity index (χ0n) is 23.5. The predicted octanol–water partition coefficient (Wildman–Crippen LogP) is 8.77. The quantitative estimate of drug-likeness (QED) is 0.214. The second-order valence-electron chi connectivity index (χ2n) is 10.8. The molecule has 0 bridgehead atoms. The van der Waals surface area contributed by atoms with Gasteiger partial charge in [-0.15, -0.1) is 0 Å². The lowest BCUT2D eigenvalue weighted by Crippen LogP contribution is -2.01. The van der Waals surface area contributed by atoms with Crippen LogP contribution in [0.15, 0.2) is 146 Å². The third kappa shape index (κ3) is 3.82. The number of imidazole rings is 1. The van der Waals surface area contributed by atoms with Gasteiger partial charge in [0.05, 0.1) is 16.6 Å². The van der Waals surface area contributed by atoms with E-state index in [1.54, 1.807) is 0 Å². The number of pyridine rings is 1. The molecule has 9 rings (SSSR count). The number of aromatic nitrogens is 6. The first kappa shape index (κ1) is 24.5. The van der Waals surface area contributed by atoms with Crippen molar-refractivity contribution in [1.29, 1.82) is 0 Å². The lowest BCUT2D eigenvalue weighted by atomic mass is 10.1. The molecule has 0 N–H and O–H groups in total. The van der Waals surface area contributed by atoms with E-state index in [-0.39, 0.29) is 0 Å². The van der Waals surface area contributed by atoms with Crippen molar-refractivity contribution in [2.75, 3.05) is 0 Å². The number of hydrogen-bond donors (Lipinski definition) is 0. The fourth-order valence-corrected chi connectivity index (χ4v) is 6.17. The molecule has 0 saturated heterocycles. The highest BCUT2D eigenvalue weighted by Gasteiger charge is 2.19. The predicted molar refractivity (Wildman–Crippen MR) is 177 cm³/mol. The first-order valence-corrected chi connectivity index (χ1v) is 14.6. The molecule has 0 unspecified atom stereocenters. The average molecular weight is 565 g/mol. The van der Waals surface area contributed by atoms with E-state index in [2.05, 4.69) is 81.9 Å². The molecule has 6 heteroatoms. The minimum atomic E-state index is 0.623. The van der Waals surface area contributed by atoms with Gasteiger partial charge in [0.2, 0.25) is 0 Å². The Morgan fingerprint density at radius 3 is 1.82 bits per heavy atom. The molecule has 0 aliphatic heterocycles. The van der Waals surface area contributed by atoms with Gasteiger partial charge in [0.25, 0.3) is 0 Å². The minimum Gasteiger partial charge on any atom is -0.307 e. The van der Waals surface area contributed by atoms with Crippen LogP contribution in [0, 0.1) is 0 Å². The first-order valence-electron chi connectivity index (χ1n) is 14.6. The van der Waals surface area contributed by atoms with Crippen LogP contribution in [0.25, 0.3) is 78.3 Å². The van der Waals surface area contributed by atoms with Gasteiger partial charge < -0.3 is 4.57 Å². The van der Waals surface area contributed by atoms with Crippen molar-refractivity contribution >= 4 is 38.5 Å². The second-order valence-corrected chi connectivity index (χ2v) is 10.8. The maximum Gasteiger partial charge on any atom is 0.164 e. The van der Waals surface area contributed by atoms with Gasteiger partial charge in [-0.2, -0.15) is 0 Å². The Morgan fingerprint density at radius 1 is 0.432 bits per heavy atom. The molecule has 0 spiro atoms. The van der Waals surface area contributed by atoms with Gasteiger partial charge in [0.15, 0.2) is 17.5 Å². The molecule has 4 heterocycles. The number of fused-ring (bicyclic) bond motifs is 7. The van der Waals surface area contributed by atoms with Gasteiger partial charge in [0, 0.05) is 39.3 Å². The summed E-state index contributed by atoms with van der Waals surface area (Å²) in [4.78, 5) is 19.9. The number of benzene rings is 5. The summed E-state index contributed by atoms with van der Waals surface area (Å²) in [7, 11) is 0. The van der Waals surface area contributed by atoms with E-state index in [0.717, 1.165) is 50.1 Å². The van der Waals surface area contributed by atoms with Crippen molar-refractivity contribution in [2.45, 2.75) is 0 Å². The van der Waals surface area contributed by atoms with Crippen LogP contribution in [-0.4, -0.2) is 28.9 Å². The Balaban J connectivity index is 1.30. The summed E-state index contributed by atoms with van der Waals surface area (Å²) in [6.07, 6.45) is 2.07. The fourth-order valence-electron chi connectivity index (χ4n) is 6.17. The van der Waals surface area contributed by atoms with Gasteiger partial charge in [-0.3, -0.25) is 4.40 Å². The van der Waals surface area contributed by atoms with Crippen LogP contribution in [0.1, 0.15) is 0 Å². The van der Waals surface area contributed by atoms with Crippen molar-refractivity contribution in [3.63, 3.8) is 0 Å². The normalized spacial score (nSPS) is 11.6. The summed E-state index contributed by atoms with van der Waals surface area (Å²) in [6, 6.07) is 47.6. The van der Waals surface area contributed by atoms with Crippen LogP contribution in [0.5, 0.6) is 0 Å². The van der Waals surface area contributed by atoms with E-state index >= 15 is 0 Å². The van der Waals surface area contributed by atoms with Crippen molar-refractivity contribution in [3.05, 3.63) is 146 Å². The van der Waals surface area contributed by atoms with Crippen molar-refractivity contribution in [1.82, 2.24) is 28.9 Å². The topological polar surface area (TPSA) is 60.9 Å². The van der Waals surface area contributed by atoms with Crippen LogP contribution in [0.2, 0.25) is 0 Å². The average Bonchev–Trinajstić information content (AvgIpc) is 3.65. The molecule has 9 aromatic rings. The minimum absolute atomic E-state index is 0.623. The molecule has 5 aromatic carbocycles. The maximum atomic E-state index is 5.10. The summed E-state index contributed by atoms with van der Waals surface area (Å²) >= 11 is 0. The lowest BCUT2D eigenvalue weighted by molar-refractivity contribution is 1.07. The van der Waals surface area contributed by atoms with Crippen molar-refractivity contribution < 1.29 is 0 Å². The molecule has 0 fully saturated rings. The van der Waals surface area contributed by atoms with Gasteiger partial charge in [-0.25, -0.2) is 19.9 Å². The van der Waals surface area contributed by atoms with Gasteiger partial charge in [0.1, 0.15) is 11.2 Å². The Hall–Kier alpha value is -6.14. The SMILES string of the molecule is c1ccc(-c2nc(-c3ccccc3)nc(-c3cccc(-n4c5ccccc5c5ccc6c(nc7ccccn76)c54)c3)n2)cc1. The molecule has 0 atom stereocenters. The number of para-hydroxylation sites is 1. The highest BCUT2D eigenvalue weighted by atomic mass is 15.1. The Kier molecular flexibility index (Phi) is 5.40. The van der Waals surface area contributed by atoms with E-state index in [4.69, 9.17) is 19.9 Å². The van der Waals surface area contributed by atoms with Crippen LogP contribution in [-0.2, 0) is 0 Å². The van der Waals surface area contributed by atoms with Gasteiger partial charge >= 0.3 is 0 Å². The molecule has 44 heavy (non-hydrogen) atoms. The number of hydrogen-bond acceptors (Lipinski definition) is 4. The molecule has 206 valence electrons. The number of rotatable bonds is 4. The third-order valence-electron chi connectivity index (χ3n) is 8.17. The fraction of sp³-hybridized carbons (Fsp3) is 0. The summed E-state index contributed by atoms with van der Waals surface area (Å²) in [5, 5.41) is 2.35. The summed E-state index contributed by atoms with van der Waals surface area (Å²) in [6.45, 7) is 0. The summed E-state index contributed by atoms with van der Waals surface area (Å²) in [5.41, 5.74) is 8.98. The molecule has 0 aliphatic rings. The monoisotopic (exact) mass is 564 g/mol. The zero-order chi connectivity index (χ0) is 29.0. The largest absolute Gasteiger partial charge is 0.307 e. The molecule has 0 radical (unpaired) electrons. The summed E-state index contributed by atoms with van der Waals surface area (Å²) < 4.78 is 4.47. The maximum absolute atomic E-state index is 5.10. The summed E-state index contributed by atoms with van der Waals surface area (Å²) in [5.74, 6) is 1.91. The molecular formula is C38H24N6. The molecule has 0 amide bonds. The van der Waals surface area contributed by atoms with E-state index in [0.29, 0.717) is 17.5 Å². The van der Waals surface area contributed by atoms with E-state index < -0.39 is 0 Å². The first-order chi connectivity index (χ1) is 21.8. The molecule has 0 saturated carbocycles. The third-order valence-corrected chi connectivity index (χ3v) is 8.17. The highest BCUT2D eigenvalue weighted by molar-refractivity contribution is 6.17. The standard InChI is InChI=1S/C38H24N6/c1-3-12-25(13-4-1)36-40-37(26-14-5-2-6-15-26)42-38(41-36)27-16-11-17-28(24-27)44-31-19-8-7-18-29(31)30-21-22-32-34(35(30)44)39-33-20-9-10-23-43(32)33/h1-24H. The Morgan fingerprint density at radius 2 is 1.07 bits per heavy atom. The molecular weight excluding hydrogens is 540 g/mol. The van der Waals surface area contributed by atoms with Gasteiger partial charge in [-0.1, -0.05) is 97.1 Å². The van der Waals surface area contributed by atoms with E-state index in [9.17, 15) is 0 Å². The zero-order valence-corrected chi connectivity index (χ0v) is 23.5. The smallest absolute Gasteiger partial charge is 0.164 e. The number of nitrogens with zero attached hydrogens (tertiary/aromatic N) is 6. The van der Waals surface area contributed by atoms with Crippen LogP contribution in [0.3, 0.4) is 0 Å². The Bertz CT molecular complexity index is 2440. The van der Waals surface area contributed by atoms with E-state index in [1.165, 1.54) is 10.8 Å². The van der Waals surface area contributed by atoms with Crippen molar-refractivity contribution in [3.8, 4) is 39.9 Å². The molecule has 6 nitrogen and oxygen atoms in total. The molecule has 4 aromatic heterocycles. The second kappa shape index (κ2) is 9.71. The van der Waals surface area contributed by atoms with Crippen LogP contribution < -0.4 is 0 Å². The highest BCUT2D eigenvalue weighted by Crippen LogP contribution is 2.37. The molecule has 0 aliphatic carbocycles.